The van der Waals surface area contributed by atoms with Gasteiger partial charge in [-0.3, -0.25) is 33.6 Å². The summed E-state index contributed by atoms with van der Waals surface area (Å²) in [7, 11) is -3.86. The molecule has 2 aliphatic heterocycles. The van der Waals surface area contributed by atoms with E-state index in [2.05, 4.69) is 49.2 Å². The summed E-state index contributed by atoms with van der Waals surface area (Å²) in [5.41, 5.74) is -2.85. The van der Waals surface area contributed by atoms with Gasteiger partial charge in [0.25, 0.3) is 0 Å². The van der Waals surface area contributed by atoms with E-state index in [9.17, 15) is 27.6 Å². The first-order chi connectivity index (χ1) is 24.7. The molecule has 3 aliphatic carbocycles. The van der Waals surface area contributed by atoms with E-state index in [1.165, 1.54) is 0 Å². The maximum atomic E-state index is 15.1. The lowest BCUT2D eigenvalue weighted by molar-refractivity contribution is -0.147. The molecule has 2 spiro atoms. The zero-order chi connectivity index (χ0) is 40.6. The molecule has 0 bridgehead atoms. The van der Waals surface area contributed by atoms with Gasteiger partial charge in [0.1, 0.15) is 0 Å². The topological polar surface area (TPSA) is 150 Å². The average Bonchev–Trinajstić information content (AvgIpc) is 3.75. The summed E-state index contributed by atoms with van der Waals surface area (Å²) in [6.45, 7) is 25.3. The SMILES string of the molecule is C=C[C@@H]1C[C@]1(CC(=O)[C@@H]1C[C@@]2(CN1C(=O)[C@@H](CC(=O)[C@@H](NC(=O)C1CCCCN1C(C)C)C(C)(C)C)C(C)(C)C)C(C)(C)C21CCC1)C(=O)NS(C)(=O)=O. The van der Waals surface area contributed by atoms with Crippen molar-refractivity contribution in [2.24, 2.45) is 44.3 Å². The molecule has 5 aliphatic rings. The van der Waals surface area contributed by atoms with Crippen molar-refractivity contribution >= 4 is 39.3 Å². The molecule has 5 rings (SSSR count). The molecule has 0 aromatic carbocycles. The molecule has 3 amide bonds. The summed E-state index contributed by atoms with van der Waals surface area (Å²) in [6.07, 6.45) is 8.88. The standard InChI is InChI=1S/C42H68N4O7S/c1-13-27-22-40(27,36(51)44-54(12,52)53)24-32(48)30-23-42(39(10,11)41(42)18-16-19-41)25-46(30)35(50)28(37(4,5)6)21-31(47)33(38(7,8)9)43-34(49)29-17-14-15-20-45(29)26(2)3/h13,26-30,33H,1,14-25H2,2-12H3,(H,43,49)(H,44,51)/t27-,28-,29?,30+,33-,40-,42-/m1/s1. The first-order valence-electron chi connectivity index (χ1n) is 20.3. The predicted octanol–water partition coefficient (Wildman–Crippen LogP) is 5.43. The molecular weight excluding hydrogens is 705 g/mol. The van der Waals surface area contributed by atoms with E-state index in [0.717, 1.165) is 51.3 Å². The summed E-state index contributed by atoms with van der Waals surface area (Å²) in [6, 6.07) is -1.76. The van der Waals surface area contributed by atoms with Crippen LogP contribution in [0.5, 0.6) is 0 Å². The number of fused-ring (bicyclic) bond motifs is 1. The molecule has 2 saturated heterocycles. The Morgan fingerprint density at radius 1 is 0.907 bits per heavy atom. The molecular formula is C42H68N4O7S. The fraction of sp³-hybridized carbons (Fsp3) is 0.833. The van der Waals surface area contributed by atoms with Crippen LogP contribution in [0.1, 0.15) is 133 Å². The number of hydrogen-bond donors (Lipinski definition) is 2. The van der Waals surface area contributed by atoms with Crippen molar-refractivity contribution in [3.05, 3.63) is 12.7 Å². The van der Waals surface area contributed by atoms with E-state index >= 15 is 4.79 Å². The van der Waals surface area contributed by atoms with Crippen molar-refractivity contribution in [3.8, 4) is 0 Å². The fourth-order valence-corrected chi connectivity index (χ4v) is 11.7. The number of allylic oxidation sites excluding steroid dienone is 1. The van der Waals surface area contributed by atoms with Gasteiger partial charge in [0.15, 0.2) is 11.6 Å². The van der Waals surface area contributed by atoms with Crippen molar-refractivity contribution < 1.29 is 32.4 Å². The van der Waals surface area contributed by atoms with Crippen LogP contribution < -0.4 is 10.0 Å². The second kappa shape index (κ2) is 14.1. The molecule has 2 heterocycles. The predicted molar refractivity (Wildman–Crippen MR) is 209 cm³/mol. The van der Waals surface area contributed by atoms with Crippen LogP contribution in [0.2, 0.25) is 0 Å². The highest BCUT2D eigenvalue weighted by atomic mass is 32.2. The Labute approximate surface area is 324 Å². The van der Waals surface area contributed by atoms with Crippen LogP contribution in [0, 0.1) is 44.3 Å². The van der Waals surface area contributed by atoms with Gasteiger partial charge in [-0.2, -0.15) is 0 Å². The number of nitrogens with zero attached hydrogens (tertiary/aromatic N) is 2. The Morgan fingerprint density at radius 2 is 1.54 bits per heavy atom. The number of carbonyl (C=O) groups excluding carboxylic acids is 5. The van der Waals surface area contributed by atoms with E-state index in [0.29, 0.717) is 19.4 Å². The van der Waals surface area contributed by atoms with Gasteiger partial charge in [0, 0.05) is 36.8 Å². The van der Waals surface area contributed by atoms with Crippen LogP contribution >= 0.6 is 0 Å². The van der Waals surface area contributed by atoms with E-state index in [-0.39, 0.29) is 70.5 Å². The van der Waals surface area contributed by atoms with Crippen molar-refractivity contribution in [2.75, 3.05) is 19.3 Å². The summed E-state index contributed by atoms with van der Waals surface area (Å²) in [5, 5.41) is 3.13. The largest absolute Gasteiger partial charge is 0.344 e. The van der Waals surface area contributed by atoms with E-state index < -0.39 is 50.2 Å². The molecule has 54 heavy (non-hydrogen) atoms. The van der Waals surface area contributed by atoms with Gasteiger partial charge < -0.3 is 10.2 Å². The molecule has 0 aromatic heterocycles. The summed E-state index contributed by atoms with van der Waals surface area (Å²) in [5.74, 6) is -2.73. The molecule has 12 heteroatoms. The summed E-state index contributed by atoms with van der Waals surface area (Å²) >= 11 is 0. The minimum Gasteiger partial charge on any atom is -0.344 e. The van der Waals surface area contributed by atoms with Crippen molar-refractivity contribution in [1.29, 1.82) is 0 Å². The second-order valence-electron chi connectivity index (χ2n) is 20.6. The third kappa shape index (κ3) is 7.24. The Kier molecular flexibility index (Phi) is 11.1. The molecule has 2 N–H and O–H groups in total. The van der Waals surface area contributed by atoms with Gasteiger partial charge in [-0.25, -0.2) is 8.42 Å². The van der Waals surface area contributed by atoms with Gasteiger partial charge in [0.2, 0.25) is 27.7 Å². The van der Waals surface area contributed by atoms with Crippen molar-refractivity contribution in [1.82, 2.24) is 19.8 Å². The normalized spacial score (nSPS) is 31.4. The lowest BCUT2D eigenvalue weighted by atomic mass is 9.73. The van der Waals surface area contributed by atoms with E-state index in [1.54, 1.807) is 11.0 Å². The van der Waals surface area contributed by atoms with Crippen molar-refractivity contribution in [2.45, 2.75) is 158 Å². The Morgan fingerprint density at radius 3 is 2.00 bits per heavy atom. The molecule has 7 atom stereocenters. The highest BCUT2D eigenvalue weighted by molar-refractivity contribution is 7.89. The van der Waals surface area contributed by atoms with Gasteiger partial charge >= 0.3 is 0 Å². The monoisotopic (exact) mass is 772 g/mol. The number of piperidine rings is 1. The van der Waals surface area contributed by atoms with E-state index in [1.807, 2.05) is 41.5 Å². The zero-order valence-corrected chi connectivity index (χ0v) is 35.7. The Bertz CT molecular complexity index is 1670. The smallest absolute Gasteiger partial charge is 0.240 e. The number of Topliss-reactive ketones (excluding diaryl/α,β-unsaturated/α-hetero) is 2. The van der Waals surface area contributed by atoms with Crippen LogP contribution in [0.4, 0.5) is 0 Å². The molecule has 304 valence electrons. The fourth-order valence-electron chi connectivity index (χ4n) is 11.2. The van der Waals surface area contributed by atoms with E-state index in [4.69, 9.17) is 0 Å². The number of hydrogen-bond acceptors (Lipinski definition) is 8. The lowest BCUT2D eigenvalue weighted by Crippen LogP contribution is -2.58. The highest BCUT2D eigenvalue weighted by Gasteiger charge is 2.85. The maximum Gasteiger partial charge on any atom is 0.240 e. The van der Waals surface area contributed by atoms with Crippen LogP contribution in [0.25, 0.3) is 0 Å². The minimum atomic E-state index is -3.86. The van der Waals surface area contributed by atoms with Crippen LogP contribution in [-0.4, -0.2) is 91.0 Å². The van der Waals surface area contributed by atoms with Gasteiger partial charge in [-0.05, 0) is 86.5 Å². The number of rotatable bonds is 13. The van der Waals surface area contributed by atoms with Crippen LogP contribution in [0.15, 0.2) is 12.7 Å². The number of sulfonamides is 1. The first kappa shape index (κ1) is 42.5. The number of amides is 3. The molecule has 3 saturated carbocycles. The first-order valence-corrected chi connectivity index (χ1v) is 22.2. The molecule has 11 nitrogen and oxygen atoms in total. The number of ketones is 2. The molecule has 0 radical (unpaired) electrons. The minimum absolute atomic E-state index is 0.0276. The third-order valence-corrected chi connectivity index (χ3v) is 15.4. The molecule has 1 unspecified atom stereocenters. The summed E-state index contributed by atoms with van der Waals surface area (Å²) in [4.78, 5) is 75.4. The highest BCUT2D eigenvalue weighted by Crippen LogP contribution is 2.88. The van der Waals surface area contributed by atoms with Crippen LogP contribution in [-0.2, 0) is 34.0 Å². The third-order valence-electron chi connectivity index (χ3n) is 14.8. The van der Waals surface area contributed by atoms with Crippen LogP contribution in [0.3, 0.4) is 0 Å². The van der Waals surface area contributed by atoms with Gasteiger partial charge in [-0.1, -0.05) is 74.3 Å². The average molecular weight is 773 g/mol. The lowest BCUT2D eigenvalue weighted by Gasteiger charge is -2.40. The van der Waals surface area contributed by atoms with Crippen molar-refractivity contribution in [3.63, 3.8) is 0 Å². The Balaban J connectivity index is 1.44. The molecule has 0 aromatic rings. The van der Waals surface area contributed by atoms with Gasteiger partial charge in [-0.15, -0.1) is 6.58 Å². The number of likely N-dealkylation sites (tertiary alicyclic amines) is 2. The molecule has 5 fully saturated rings. The summed E-state index contributed by atoms with van der Waals surface area (Å²) < 4.78 is 26.2. The number of carbonyl (C=O) groups is 5. The Hall–Kier alpha value is -2.60. The number of nitrogens with one attached hydrogen (secondary N) is 2. The maximum absolute atomic E-state index is 15.1. The quantitative estimate of drug-likeness (QED) is 0.236. The van der Waals surface area contributed by atoms with Gasteiger partial charge in [0.05, 0.1) is 29.8 Å². The second-order valence-corrected chi connectivity index (χ2v) is 22.4. The zero-order valence-electron chi connectivity index (χ0n) is 34.9.